The molecular weight excluding hydrogens is 306 g/mol. The highest BCUT2D eigenvalue weighted by atomic mass is 16.5. The highest BCUT2D eigenvalue weighted by Gasteiger charge is 2.17. The third-order valence-electron chi connectivity index (χ3n) is 4.44. The normalized spacial score (nSPS) is 17.3. The molecule has 1 atom stereocenters. The number of nitrogens with zero attached hydrogens (tertiary/aromatic N) is 1. The third-order valence-corrected chi connectivity index (χ3v) is 4.44. The Hall–Kier alpha value is -1.88. The van der Waals surface area contributed by atoms with Crippen LogP contribution in [0, 0.1) is 0 Å². The quantitative estimate of drug-likeness (QED) is 0.686. The molecule has 0 saturated carbocycles. The van der Waals surface area contributed by atoms with Gasteiger partial charge in [0.2, 0.25) is 5.91 Å². The molecule has 0 N–H and O–H groups in total. The Morgan fingerprint density at radius 3 is 2.83 bits per heavy atom. The number of benzene rings is 1. The number of carbonyl (C=O) groups excluding carboxylic acids is 2. The number of methoxy groups -OCH3 is 1. The van der Waals surface area contributed by atoms with Gasteiger partial charge in [-0.3, -0.25) is 9.59 Å². The Balaban J connectivity index is 1.73. The van der Waals surface area contributed by atoms with Crippen LogP contribution in [0.15, 0.2) is 24.3 Å². The van der Waals surface area contributed by atoms with E-state index in [4.69, 9.17) is 9.47 Å². The average Bonchev–Trinajstić information content (AvgIpc) is 2.64. The maximum Gasteiger partial charge on any atom is 0.222 e. The van der Waals surface area contributed by atoms with Crippen molar-refractivity contribution in [3.63, 3.8) is 0 Å². The van der Waals surface area contributed by atoms with Gasteiger partial charge in [-0.2, -0.15) is 0 Å². The number of hydrogen-bond donors (Lipinski definition) is 0. The zero-order valence-corrected chi connectivity index (χ0v) is 14.6. The van der Waals surface area contributed by atoms with Crippen LogP contribution in [0.25, 0.3) is 0 Å². The summed E-state index contributed by atoms with van der Waals surface area (Å²) >= 11 is 0. The molecule has 1 saturated heterocycles. The maximum atomic E-state index is 12.2. The smallest absolute Gasteiger partial charge is 0.222 e. The Kier molecular flexibility index (Phi) is 7.25. The van der Waals surface area contributed by atoms with Crippen molar-refractivity contribution >= 4 is 11.7 Å². The van der Waals surface area contributed by atoms with Gasteiger partial charge in [0.1, 0.15) is 5.75 Å². The molecule has 1 aromatic rings. The molecule has 0 radical (unpaired) electrons. The van der Waals surface area contributed by atoms with Crippen LogP contribution in [0.2, 0.25) is 0 Å². The minimum absolute atomic E-state index is 0.00190. The number of ketones is 1. The molecule has 5 nitrogen and oxygen atoms in total. The van der Waals surface area contributed by atoms with E-state index in [9.17, 15) is 9.59 Å². The molecule has 0 bridgehead atoms. The fourth-order valence-corrected chi connectivity index (χ4v) is 2.85. The number of hydrogen-bond acceptors (Lipinski definition) is 4. The zero-order valence-electron chi connectivity index (χ0n) is 14.6. The van der Waals surface area contributed by atoms with Crippen LogP contribution in [0.4, 0.5) is 0 Å². The third kappa shape index (κ3) is 5.64. The van der Waals surface area contributed by atoms with Gasteiger partial charge in [0.25, 0.3) is 0 Å². The predicted octanol–water partition coefficient (Wildman–Crippen LogP) is 3.08. The first-order chi connectivity index (χ1) is 11.6. The van der Waals surface area contributed by atoms with E-state index in [1.807, 2.05) is 0 Å². The molecule has 5 heteroatoms. The molecule has 0 spiro atoms. The second-order valence-corrected chi connectivity index (χ2v) is 6.25. The highest BCUT2D eigenvalue weighted by Crippen LogP contribution is 2.17. The molecule has 1 aromatic carbocycles. The molecule has 132 valence electrons. The van der Waals surface area contributed by atoms with Gasteiger partial charge in [-0.25, -0.2) is 0 Å². The lowest BCUT2D eigenvalue weighted by atomic mass is 10.1. The highest BCUT2D eigenvalue weighted by molar-refractivity contribution is 5.98. The van der Waals surface area contributed by atoms with E-state index in [0.29, 0.717) is 17.9 Å². The van der Waals surface area contributed by atoms with Crippen molar-refractivity contribution in [1.29, 1.82) is 0 Å². The van der Waals surface area contributed by atoms with Crippen LogP contribution < -0.4 is 4.74 Å². The van der Waals surface area contributed by atoms with Crippen molar-refractivity contribution in [3.05, 3.63) is 29.8 Å². The van der Waals surface area contributed by atoms with E-state index in [0.717, 1.165) is 25.9 Å². The van der Waals surface area contributed by atoms with E-state index < -0.39 is 0 Å². The van der Waals surface area contributed by atoms with Gasteiger partial charge in [0, 0.05) is 38.6 Å². The van der Waals surface area contributed by atoms with Crippen molar-refractivity contribution in [1.82, 2.24) is 4.90 Å². The van der Waals surface area contributed by atoms with E-state index in [1.54, 1.807) is 43.3 Å². The van der Waals surface area contributed by atoms with Gasteiger partial charge < -0.3 is 14.4 Å². The van der Waals surface area contributed by atoms with Crippen molar-refractivity contribution in [2.75, 3.05) is 27.3 Å². The molecular formula is C19H27NO4. The van der Waals surface area contributed by atoms with Crippen molar-refractivity contribution < 1.29 is 19.1 Å². The number of amides is 1. The molecule has 1 heterocycles. The minimum Gasteiger partial charge on any atom is -0.497 e. The molecule has 0 aromatic heterocycles. The predicted molar refractivity (Wildman–Crippen MR) is 92.4 cm³/mol. The largest absolute Gasteiger partial charge is 0.497 e. The molecule has 1 aliphatic heterocycles. The van der Waals surface area contributed by atoms with Crippen LogP contribution in [0.3, 0.4) is 0 Å². The topological polar surface area (TPSA) is 55.8 Å². The standard InChI is InChI=1S/C19H27NO4/c1-20(12-11-16-7-3-4-13-24-16)19(22)10-9-18(21)15-6-5-8-17(14-15)23-2/h5-6,8,14,16H,3-4,7,9-13H2,1-2H3. The molecule has 1 amide bonds. The minimum atomic E-state index is -0.0359. The molecule has 1 fully saturated rings. The number of Topliss-reactive ketones (excluding diaryl/α,β-unsaturated/α-hetero) is 1. The summed E-state index contributed by atoms with van der Waals surface area (Å²) in [4.78, 5) is 26.1. The zero-order chi connectivity index (χ0) is 17.4. The van der Waals surface area contributed by atoms with Gasteiger partial charge >= 0.3 is 0 Å². The second kappa shape index (κ2) is 9.42. The lowest BCUT2D eigenvalue weighted by Gasteiger charge is -2.25. The van der Waals surface area contributed by atoms with E-state index in [-0.39, 0.29) is 30.6 Å². The Morgan fingerprint density at radius 1 is 1.29 bits per heavy atom. The number of ether oxygens (including phenoxy) is 2. The Morgan fingerprint density at radius 2 is 2.12 bits per heavy atom. The Labute approximate surface area is 143 Å². The van der Waals surface area contributed by atoms with E-state index >= 15 is 0 Å². The molecule has 0 aliphatic carbocycles. The number of rotatable bonds is 8. The van der Waals surface area contributed by atoms with Crippen molar-refractivity contribution in [3.8, 4) is 5.75 Å². The van der Waals surface area contributed by atoms with E-state index in [1.165, 1.54) is 6.42 Å². The van der Waals surface area contributed by atoms with E-state index in [2.05, 4.69) is 0 Å². The summed E-state index contributed by atoms with van der Waals surface area (Å²) in [5, 5.41) is 0. The molecule has 1 unspecified atom stereocenters. The summed E-state index contributed by atoms with van der Waals surface area (Å²) in [5.74, 6) is 0.616. The second-order valence-electron chi connectivity index (χ2n) is 6.25. The van der Waals surface area contributed by atoms with Crippen LogP contribution in [0.1, 0.15) is 48.9 Å². The first-order valence-electron chi connectivity index (χ1n) is 8.63. The van der Waals surface area contributed by atoms with Gasteiger partial charge in [-0.15, -0.1) is 0 Å². The summed E-state index contributed by atoms with van der Waals surface area (Å²) in [6.07, 6.45) is 5.01. The lowest BCUT2D eigenvalue weighted by molar-refractivity contribution is -0.130. The van der Waals surface area contributed by atoms with Gasteiger partial charge in [-0.1, -0.05) is 12.1 Å². The SMILES string of the molecule is COc1cccc(C(=O)CCC(=O)N(C)CCC2CCCCO2)c1. The first-order valence-corrected chi connectivity index (χ1v) is 8.63. The average molecular weight is 333 g/mol. The summed E-state index contributed by atoms with van der Waals surface area (Å²) < 4.78 is 10.8. The van der Waals surface area contributed by atoms with Crippen molar-refractivity contribution in [2.24, 2.45) is 0 Å². The first kappa shape index (κ1) is 18.5. The fraction of sp³-hybridized carbons (Fsp3) is 0.579. The fourth-order valence-electron chi connectivity index (χ4n) is 2.85. The number of carbonyl (C=O) groups is 2. The lowest BCUT2D eigenvalue weighted by Crippen LogP contribution is -2.31. The summed E-state index contributed by atoms with van der Waals surface area (Å²) in [6, 6.07) is 7.03. The van der Waals surface area contributed by atoms with Crippen LogP contribution in [0.5, 0.6) is 5.75 Å². The van der Waals surface area contributed by atoms with Gasteiger partial charge in [0.15, 0.2) is 5.78 Å². The maximum absolute atomic E-state index is 12.2. The summed E-state index contributed by atoms with van der Waals surface area (Å²) in [7, 11) is 3.36. The van der Waals surface area contributed by atoms with Crippen LogP contribution >= 0.6 is 0 Å². The molecule has 2 rings (SSSR count). The Bertz CT molecular complexity index is 552. The van der Waals surface area contributed by atoms with Gasteiger partial charge in [0.05, 0.1) is 13.2 Å². The molecule has 1 aliphatic rings. The van der Waals surface area contributed by atoms with Gasteiger partial charge in [-0.05, 0) is 37.8 Å². The monoisotopic (exact) mass is 333 g/mol. The van der Waals surface area contributed by atoms with Crippen molar-refractivity contribution in [2.45, 2.75) is 44.6 Å². The summed E-state index contributed by atoms with van der Waals surface area (Å²) in [5.41, 5.74) is 0.584. The van der Waals surface area contributed by atoms with Crippen LogP contribution in [-0.4, -0.2) is 50.0 Å². The summed E-state index contributed by atoms with van der Waals surface area (Å²) in [6.45, 7) is 1.51. The van der Waals surface area contributed by atoms with Crippen LogP contribution in [-0.2, 0) is 9.53 Å². The molecule has 24 heavy (non-hydrogen) atoms.